The Bertz CT molecular complexity index is 1420. The van der Waals surface area contributed by atoms with E-state index in [0.29, 0.717) is 5.92 Å². The molecule has 1 aliphatic heterocycles. The number of aromatic amines is 1. The Morgan fingerprint density at radius 1 is 1.03 bits per heavy atom. The number of benzene rings is 2. The zero-order valence-corrected chi connectivity index (χ0v) is 21.9. The Balaban J connectivity index is 1.19. The van der Waals surface area contributed by atoms with Crippen LogP contribution in [-0.4, -0.2) is 51.6 Å². The molecule has 0 bridgehead atoms. The molecule has 2 amide bonds. The van der Waals surface area contributed by atoms with Crippen LogP contribution < -0.4 is 10.1 Å². The molecule has 2 fully saturated rings. The Morgan fingerprint density at radius 3 is 2.54 bits per heavy atom. The van der Waals surface area contributed by atoms with E-state index in [-0.39, 0.29) is 17.9 Å². The van der Waals surface area contributed by atoms with E-state index in [4.69, 9.17) is 4.74 Å². The number of piperidine rings is 1. The molecule has 8 heteroatoms. The zero-order valence-electron chi connectivity index (χ0n) is 21.9. The normalized spacial score (nSPS) is 17.3. The summed E-state index contributed by atoms with van der Waals surface area (Å²) in [5.74, 6) is 0.854. The Kier molecular flexibility index (Phi) is 7.25. The van der Waals surface area contributed by atoms with Crippen LogP contribution in [0.2, 0.25) is 0 Å². The monoisotopic (exact) mass is 523 g/mol. The zero-order chi connectivity index (χ0) is 26.6. The third-order valence-electron chi connectivity index (χ3n) is 8.05. The fourth-order valence-electron chi connectivity index (χ4n) is 5.96. The van der Waals surface area contributed by atoms with E-state index in [2.05, 4.69) is 20.5 Å². The summed E-state index contributed by atoms with van der Waals surface area (Å²) in [7, 11) is 0. The van der Waals surface area contributed by atoms with Gasteiger partial charge in [0, 0.05) is 48.8 Å². The first-order valence-electron chi connectivity index (χ1n) is 13.8. The number of nitrogens with zero attached hydrogens (tertiary/aromatic N) is 3. The van der Waals surface area contributed by atoms with Crippen LogP contribution >= 0.6 is 0 Å². The summed E-state index contributed by atoms with van der Waals surface area (Å²) in [5, 5.41) is 11.8. The molecule has 1 saturated heterocycles. The van der Waals surface area contributed by atoms with Crippen LogP contribution in [0.1, 0.15) is 50.1 Å². The number of anilines is 1. The third-order valence-corrected chi connectivity index (χ3v) is 8.05. The molecule has 39 heavy (non-hydrogen) atoms. The summed E-state index contributed by atoms with van der Waals surface area (Å²) in [6, 6.07) is 19.6. The number of rotatable bonds is 8. The number of H-pyrrole nitrogens is 1. The maximum absolute atomic E-state index is 13.6. The van der Waals surface area contributed by atoms with E-state index in [1.165, 1.54) is 0 Å². The van der Waals surface area contributed by atoms with Crippen molar-refractivity contribution in [1.29, 1.82) is 0 Å². The number of nitrogens with one attached hydrogen (secondary N) is 2. The molecule has 1 atom stereocenters. The van der Waals surface area contributed by atoms with E-state index < -0.39 is 0 Å². The molecule has 0 radical (unpaired) electrons. The van der Waals surface area contributed by atoms with E-state index >= 15 is 0 Å². The molecule has 2 aliphatic rings. The van der Waals surface area contributed by atoms with Crippen LogP contribution in [0.25, 0.3) is 22.2 Å². The Labute approximate surface area is 227 Å². The minimum atomic E-state index is -0.258. The van der Waals surface area contributed by atoms with Crippen molar-refractivity contribution in [2.45, 2.75) is 50.5 Å². The second kappa shape index (κ2) is 11.3. The molecule has 2 aromatic carbocycles. The largest absolute Gasteiger partial charge is 0.490 e. The van der Waals surface area contributed by atoms with Gasteiger partial charge < -0.3 is 15.0 Å². The number of pyridine rings is 1. The molecule has 200 valence electrons. The van der Waals surface area contributed by atoms with Gasteiger partial charge in [0.2, 0.25) is 12.3 Å². The number of hydrogen-bond acceptors (Lipinski definition) is 5. The number of carbonyl (C=O) groups excluding carboxylic acids is 2. The number of ether oxygens (including phenoxy) is 1. The number of aromatic nitrogens is 3. The van der Waals surface area contributed by atoms with Crippen molar-refractivity contribution in [2.24, 2.45) is 5.92 Å². The Hall–Kier alpha value is -4.20. The van der Waals surface area contributed by atoms with Gasteiger partial charge in [-0.15, -0.1) is 0 Å². The first-order valence-corrected chi connectivity index (χ1v) is 13.8. The van der Waals surface area contributed by atoms with Gasteiger partial charge in [0.05, 0.1) is 22.8 Å². The molecular formula is C31H33N5O3. The molecule has 1 saturated carbocycles. The fourth-order valence-corrected chi connectivity index (χ4v) is 5.96. The van der Waals surface area contributed by atoms with Gasteiger partial charge in [-0.25, -0.2) is 0 Å². The predicted octanol–water partition coefficient (Wildman–Crippen LogP) is 5.54. The highest BCUT2D eigenvalue weighted by Gasteiger charge is 2.33. The lowest BCUT2D eigenvalue weighted by Crippen LogP contribution is -2.37. The molecule has 0 spiro atoms. The van der Waals surface area contributed by atoms with Crippen LogP contribution in [-0.2, 0) is 9.59 Å². The van der Waals surface area contributed by atoms with Gasteiger partial charge in [0.1, 0.15) is 11.9 Å². The maximum Gasteiger partial charge on any atom is 0.233 e. The molecule has 2 aromatic heterocycles. The van der Waals surface area contributed by atoms with Gasteiger partial charge in [-0.2, -0.15) is 5.10 Å². The highest BCUT2D eigenvalue weighted by Crippen LogP contribution is 2.38. The standard InChI is InChI=1S/C31H33N5O3/c37-20-36-17-14-25(15-18-36)39-24-11-8-22(9-12-24)30-26-19-23(10-13-27(26)34-35-30)33-31(38)29(21-5-1-2-6-21)28-7-3-4-16-32-28/h3-4,7-13,16,19-21,25,29H,1-2,5-6,14-15,17-18H2,(H,33,38)(H,34,35). The summed E-state index contributed by atoms with van der Waals surface area (Å²) in [6.07, 6.45) is 8.88. The van der Waals surface area contributed by atoms with E-state index in [1.807, 2.05) is 60.7 Å². The molecule has 6 rings (SSSR count). The molecular weight excluding hydrogens is 490 g/mol. The second-order valence-corrected chi connectivity index (χ2v) is 10.6. The Morgan fingerprint density at radius 2 is 1.82 bits per heavy atom. The fraction of sp³-hybridized carbons (Fsp3) is 0.355. The summed E-state index contributed by atoms with van der Waals surface area (Å²) in [4.78, 5) is 30.8. The quantitative estimate of drug-likeness (QED) is 0.296. The average molecular weight is 524 g/mol. The molecule has 8 nitrogen and oxygen atoms in total. The summed E-state index contributed by atoms with van der Waals surface area (Å²) >= 11 is 0. The lowest BCUT2D eigenvalue weighted by molar-refractivity contribution is -0.120. The number of hydrogen-bond donors (Lipinski definition) is 2. The maximum atomic E-state index is 13.6. The minimum Gasteiger partial charge on any atom is -0.490 e. The van der Waals surface area contributed by atoms with Crippen molar-refractivity contribution in [2.75, 3.05) is 18.4 Å². The smallest absolute Gasteiger partial charge is 0.233 e. The lowest BCUT2D eigenvalue weighted by atomic mass is 9.87. The van der Waals surface area contributed by atoms with Crippen LogP contribution in [0.4, 0.5) is 5.69 Å². The van der Waals surface area contributed by atoms with Crippen molar-refractivity contribution >= 4 is 28.9 Å². The second-order valence-electron chi connectivity index (χ2n) is 10.6. The van der Waals surface area contributed by atoms with E-state index in [0.717, 1.165) is 97.3 Å². The van der Waals surface area contributed by atoms with Gasteiger partial charge in [0.25, 0.3) is 0 Å². The van der Waals surface area contributed by atoms with Gasteiger partial charge in [0.15, 0.2) is 0 Å². The number of likely N-dealkylation sites (tertiary alicyclic amines) is 1. The van der Waals surface area contributed by atoms with E-state index in [1.54, 1.807) is 11.1 Å². The van der Waals surface area contributed by atoms with Gasteiger partial charge >= 0.3 is 0 Å². The average Bonchev–Trinajstić information content (AvgIpc) is 3.65. The summed E-state index contributed by atoms with van der Waals surface area (Å²) in [6.45, 7) is 1.46. The molecule has 1 aliphatic carbocycles. The van der Waals surface area contributed by atoms with E-state index in [9.17, 15) is 9.59 Å². The highest BCUT2D eigenvalue weighted by molar-refractivity contribution is 6.00. The van der Waals surface area contributed by atoms with Gasteiger partial charge in [-0.1, -0.05) is 18.9 Å². The molecule has 2 N–H and O–H groups in total. The first-order chi connectivity index (χ1) is 19.2. The third kappa shape index (κ3) is 5.50. The molecule has 4 aromatic rings. The molecule has 1 unspecified atom stereocenters. The number of carbonyl (C=O) groups is 2. The van der Waals surface area contributed by atoms with Crippen LogP contribution in [0.3, 0.4) is 0 Å². The van der Waals surface area contributed by atoms with Crippen molar-refractivity contribution in [3.05, 3.63) is 72.6 Å². The minimum absolute atomic E-state index is 0.00882. The number of fused-ring (bicyclic) bond motifs is 1. The summed E-state index contributed by atoms with van der Waals surface area (Å²) in [5.41, 5.74) is 4.27. The lowest BCUT2D eigenvalue weighted by Gasteiger charge is -2.29. The predicted molar refractivity (Wildman–Crippen MR) is 150 cm³/mol. The van der Waals surface area contributed by atoms with Crippen molar-refractivity contribution < 1.29 is 14.3 Å². The van der Waals surface area contributed by atoms with Crippen molar-refractivity contribution in [3.8, 4) is 17.0 Å². The van der Waals surface area contributed by atoms with Crippen molar-refractivity contribution in [3.63, 3.8) is 0 Å². The number of amides is 2. The SMILES string of the molecule is O=CN1CCC(Oc2ccc(-c3n[nH]c4ccc(NC(=O)C(c5ccccn5)C5CCCC5)cc34)cc2)CC1. The molecule has 3 heterocycles. The summed E-state index contributed by atoms with van der Waals surface area (Å²) < 4.78 is 6.15. The van der Waals surface area contributed by atoms with Crippen LogP contribution in [0.5, 0.6) is 5.75 Å². The van der Waals surface area contributed by atoms with Gasteiger partial charge in [-0.05, 0) is 73.4 Å². The van der Waals surface area contributed by atoms with Crippen LogP contribution in [0.15, 0.2) is 66.9 Å². The topological polar surface area (TPSA) is 100 Å². The van der Waals surface area contributed by atoms with Gasteiger partial charge in [-0.3, -0.25) is 19.7 Å². The van der Waals surface area contributed by atoms with Crippen molar-refractivity contribution in [1.82, 2.24) is 20.1 Å². The first kappa shape index (κ1) is 25.1. The van der Waals surface area contributed by atoms with Crippen LogP contribution in [0, 0.1) is 5.92 Å². The highest BCUT2D eigenvalue weighted by atomic mass is 16.5.